The van der Waals surface area contributed by atoms with Crippen LogP contribution in [0.4, 0.5) is 15.8 Å². The Morgan fingerprint density at radius 1 is 1.33 bits per heavy atom. The molecule has 27 heavy (non-hydrogen) atoms. The molecule has 2 aromatic carbocycles. The van der Waals surface area contributed by atoms with E-state index in [0.29, 0.717) is 10.4 Å². The van der Waals surface area contributed by atoms with Gasteiger partial charge in [0.25, 0.3) is 15.7 Å². The number of benzene rings is 2. The Kier molecular flexibility index (Phi) is 5.86. The molecule has 0 aromatic heterocycles. The number of methoxy groups -OCH3 is 1. The molecule has 0 spiro atoms. The minimum atomic E-state index is -4.61. The van der Waals surface area contributed by atoms with Crippen LogP contribution < -0.4 is 9.04 Å². The SMILES string of the molecule is COc1ccc(S(=O)(=O)N(CC(=O)O)c2cc([N+](=O)[O-])ccc2Cl)cc1F. The third-order valence-corrected chi connectivity index (χ3v) is 5.47. The average molecular weight is 419 g/mol. The predicted octanol–water partition coefficient (Wildman–Crippen LogP) is 2.68. The number of non-ortho nitro benzene ring substituents is 1. The van der Waals surface area contributed by atoms with Crippen molar-refractivity contribution in [3.05, 3.63) is 57.4 Å². The van der Waals surface area contributed by atoms with E-state index in [9.17, 15) is 27.7 Å². The fraction of sp³-hybridized carbons (Fsp3) is 0.133. The molecular weight excluding hydrogens is 407 g/mol. The maximum atomic E-state index is 13.9. The van der Waals surface area contributed by atoms with Gasteiger partial charge in [-0.05, 0) is 24.3 Å². The van der Waals surface area contributed by atoms with Crippen LogP contribution >= 0.6 is 11.6 Å². The van der Waals surface area contributed by atoms with Crippen molar-refractivity contribution in [1.82, 2.24) is 0 Å². The molecule has 144 valence electrons. The Morgan fingerprint density at radius 3 is 2.52 bits per heavy atom. The Morgan fingerprint density at radius 2 is 2.00 bits per heavy atom. The molecule has 0 fully saturated rings. The Hall–Kier alpha value is -2.92. The standard InChI is InChI=1S/C15H12ClFN2O7S/c1-26-14-5-3-10(7-12(14)17)27(24,25)18(8-15(20)21)13-6-9(19(22)23)2-4-11(13)16/h2-7H,8H2,1H3,(H,20,21). The third kappa shape index (κ3) is 4.26. The van der Waals surface area contributed by atoms with E-state index < -0.39 is 49.5 Å². The van der Waals surface area contributed by atoms with Gasteiger partial charge in [0.2, 0.25) is 0 Å². The fourth-order valence-corrected chi connectivity index (χ4v) is 3.87. The molecule has 0 unspecified atom stereocenters. The number of carboxylic acid groups (broad SMARTS) is 1. The maximum absolute atomic E-state index is 13.9. The molecule has 0 atom stereocenters. The van der Waals surface area contributed by atoms with Crippen LogP contribution in [-0.2, 0) is 14.8 Å². The molecule has 2 rings (SSSR count). The quantitative estimate of drug-likeness (QED) is 0.540. The molecule has 0 radical (unpaired) electrons. The molecule has 0 saturated heterocycles. The molecule has 0 aliphatic heterocycles. The van der Waals surface area contributed by atoms with Gasteiger partial charge in [-0.15, -0.1) is 0 Å². The highest BCUT2D eigenvalue weighted by molar-refractivity contribution is 7.92. The Labute approximate surface area is 157 Å². The monoisotopic (exact) mass is 418 g/mol. The molecule has 0 aliphatic carbocycles. The van der Waals surface area contributed by atoms with Crippen LogP contribution in [-0.4, -0.2) is 38.1 Å². The van der Waals surface area contributed by atoms with Crippen molar-refractivity contribution >= 4 is 39.0 Å². The fourth-order valence-electron chi connectivity index (χ4n) is 2.16. The van der Waals surface area contributed by atoms with Crippen molar-refractivity contribution in [2.24, 2.45) is 0 Å². The molecule has 0 heterocycles. The Bertz CT molecular complexity index is 1010. The molecule has 2 aromatic rings. The van der Waals surface area contributed by atoms with E-state index in [2.05, 4.69) is 0 Å². The van der Waals surface area contributed by atoms with Gasteiger partial charge in [0.15, 0.2) is 11.6 Å². The van der Waals surface area contributed by atoms with E-state index >= 15 is 0 Å². The lowest BCUT2D eigenvalue weighted by molar-refractivity contribution is -0.384. The zero-order chi connectivity index (χ0) is 20.4. The maximum Gasteiger partial charge on any atom is 0.324 e. The van der Waals surface area contributed by atoms with Crippen molar-refractivity contribution in [3.8, 4) is 5.75 Å². The topological polar surface area (TPSA) is 127 Å². The van der Waals surface area contributed by atoms with Crippen LogP contribution in [0.15, 0.2) is 41.3 Å². The van der Waals surface area contributed by atoms with Crippen LogP contribution in [0.1, 0.15) is 0 Å². The second-order valence-corrected chi connectivity index (χ2v) is 7.36. The molecule has 0 bridgehead atoms. The molecule has 0 saturated carbocycles. The summed E-state index contributed by atoms with van der Waals surface area (Å²) in [7, 11) is -3.43. The largest absolute Gasteiger partial charge is 0.494 e. The summed E-state index contributed by atoms with van der Waals surface area (Å²) in [5.41, 5.74) is -0.926. The number of sulfonamides is 1. The van der Waals surface area contributed by atoms with E-state index in [1.165, 1.54) is 7.11 Å². The normalized spacial score (nSPS) is 11.1. The smallest absolute Gasteiger partial charge is 0.324 e. The zero-order valence-corrected chi connectivity index (χ0v) is 15.2. The first-order valence-electron chi connectivity index (χ1n) is 7.10. The van der Waals surface area contributed by atoms with Crippen LogP contribution in [0.3, 0.4) is 0 Å². The second kappa shape index (κ2) is 7.76. The number of halogens is 2. The average Bonchev–Trinajstić information content (AvgIpc) is 2.59. The molecule has 0 amide bonds. The predicted molar refractivity (Wildman–Crippen MR) is 93.2 cm³/mol. The molecule has 0 aliphatic rings. The van der Waals surface area contributed by atoms with E-state index in [4.69, 9.17) is 21.4 Å². The number of ether oxygens (including phenoxy) is 1. The molecule has 1 N–H and O–H groups in total. The summed E-state index contributed by atoms with van der Waals surface area (Å²) >= 11 is 5.94. The number of carboxylic acids is 1. The lowest BCUT2D eigenvalue weighted by Crippen LogP contribution is -2.36. The summed E-state index contributed by atoms with van der Waals surface area (Å²) in [5, 5.41) is 19.8. The second-order valence-electron chi connectivity index (χ2n) is 5.09. The summed E-state index contributed by atoms with van der Waals surface area (Å²) in [4.78, 5) is 20.8. The number of nitro benzene ring substituents is 1. The number of anilines is 1. The van der Waals surface area contributed by atoms with Crippen molar-refractivity contribution in [2.45, 2.75) is 4.90 Å². The van der Waals surface area contributed by atoms with Crippen molar-refractivity contribution in [2.75, 3.05) is 18.0 Å². The number of nitro groups is 1. The van der Waals surface area contributed by atoms with E-state index in [1.807, 2.05) is 0 Å². The van der Waals surface area contributed by atoms with Crippen LogP contribution in [0, 0.1) is 15.9 Å². The van der Waals surface area contributed by atoms with E-state index in [-0.39, 0.29) is 10.8 Å². The van der Waals surface area contributed by atoms with Crippen molar-refractivity contribution in [3.63, 3.8) is 0 Å². The lowest BCUT2D eigenvalue weighted by atomic mass is 10.3. The van der Waals surface area contributed by atoms with Gasteiger partial charge in [-0.1, -0.05) is 11.6 Å². The van der Waals surface area contributed by atoms with Crippen LogP contribution in [0.5, 0.6) is 5.75 Å². The van der Waals surface area contributed by atoms with Gasteiger partial charge in [-0.25, -0.2) is 12.8 Å². The van der Waals surface area contributed by atoms with Gasteiger partial charge in [-0.2, -0.15) is 0 Å². The number of nitrogens with zero attached hydrogens (tertiary/aromatic N) is 2. The number of rotatable bonds is 7. The first kappa shape index (κ1) is 20.4. The van der Waals surface area contributed by atoms with Crippen LogP contribution in [0.25, 0.3) is 0 Å². The van der Waals surface area contributed by atoms with Crippen molar-refractivity contribution in [1.29, 1.82) is 0 Å². The zero-order valence-electron chi connectivity index (χ0n) is 13.6. The molecule has 9 nitrogen and oxygen atoms in total. The van der Waals surface area contributed by atoms with Gasteiger partial charge < -0.3 is 9.84 Å². The number of aliphatic carboxylic acids is 1. The minimum Gasteiger partial charge on any atom is -0.494 e. The minimum absolute atomic E-state index is 0.216. The third-order valence-electron chi connectivity index (χ3n) is 3.40. The van der Waals surface area contributed by atoms with Gasteiger partial charge in [0, 0.05) is 12.1 Å². The highest BCUT2D eigenvalue weighted by Gasteiger charge is 2.30. The van der Waals surface area contributed by atoms with Gasteiger partial charge >= 0.3 is 5.97 Å². The first-order valence-corrected chi connectivity index (χ1v) is 8.91. The van der Waals surface area contributed by atoms with Gasteiger partial charge in [0.05, 0.1) is 27.6 Å². The molecule has 12 heteroatoms. The molecular formula is C15H12ClFN2O7S. The lowest BCUT2D eigenvalue weighted by Gasteiger charge is -2.23. The van der Waals surface area contributed by atoms with Crippen molar-refractivity contribution < 1.29 is 32.4 Å². The Balaban J connectivity index is 2.66. The van der Waals surface area contributed by atoms with Gasteiger partial charge in [0.1, 0.15) is 6.54 Å². The first-order chi connectivity index (χ1) is 12.6. The summed E-state index contributed by atoms with van der Waals surface area (Å²) < 4.78 is 44.7. The summed E-state index contributed by atoms with van der Waals surface area (Å²) in [6.45, 7) is -1.09. The summed E-state index contributed by atoms with van der Waals surface area (Å²) in [5.74, 6) is -2.75. The highest BCUT2D eigenvalue weighted by atomic mass is 35.5. The van der Waals surface area contributed by atoms with Crippen LogP contribution in [0.2, 0.25) is 5.02 Å². The number of hydrogen-bond donors (Lipinski definition) is 1. The number of carbonyl (C=O) groups is 1. The van der Waals surface area contributed by atoms with E-state index in [0.717, 1.165) is 30.3 Å². The van der Waals surface area contributed by atoms with E-state index in [1.54, 1.807) is 0 Å². The van der Waals surface area contributed by atoms with Gasteiger partial charge in [-0.3, -0.25) is 19.2 Å². The summed E-state index contributed by atoms with van der Waals surface area (Å²) in [6, 6.07) is 5.63. The highest BCUT2D eigenvalue weighted by Crippen LogP contribution is 2.34. The summed E-state index contributed by atoms with van der Waals surface area (Å²) in [6.07, 6.45) is 0. The number of hydrogen-bond acceptors (Lipinski definition) is 6.